The van der Waals surface area contributed by atoms with Gasteiger partial charge in [0.15, 0.2) is 5.82 Å². The van der Waals surface area contributed by atoms with E-state index in [2.05, 4.69) is 48.1 Å². The highest BCUT2D eigenvalue weighted by atomic mass is 32.2. The van der Waals surface area contributed by atoms with E-state index in [9.17, 15) is 10.1 Å². The van der Waals surface area contributed by atoms with Crippen molar-refractivity contribution in [1.82, 2.24) is 19.7 Å². The zero-order valence-electron chi connectivity index (χ0n) is 18.5. The van der Waals surface area contributed by atoms with Crippen LogP contribution in [0.3, 0.4) is 0 Å². The quantitative estimate of drug-likeness (QED) is 0.261. The first kappa shape index (κ1) is 22.5. The van der Waals surface area contributed by atoms with Gasteiger partial charge in [0, 0.05) is 11.8 Å². The Kier molecular flexibility index (Phi) is 6.41. The number of hydrogen-bond donors (Lipinski definition) is 0. The second-order valence-corrected chi connectivity index (χ2v) is 9.33. The van der Waals surface area contributed by atoms with Crippen molar-refractivity contribution in [1.29, 1.82) is 0 Å². The van der Waals surface area contributed by atoms with E-state index in [1.807, 2.05) is 47.0 Å². The molecule has 0 saturated heterocycles. The molecule has 4 aromatic rings. The highest BCUT2D eigenvalue weighted by Gasteiger charge is 2.18. The van der Waals surface area contributed by atoms with Crippen molar-refractivity contribution in [2.45, 2.75) is 43.0 Å². The fourth-order valence-electron chi connectivity index (χ4n) is 3.13. The highest BCUT2D eigenvalue weighted by molar-refractivity contribution is 7.99. The van der Waals surface area contributed by atoms with Crippen LogP contribution in [0.4, 0.5) is 5.69 Å². The standard InChI is InChI=1S/C24H23N5O3S/c1-24(2,3)17-9-12-20(13-10-17)32-16-21-26-27-23(28(21)18-7-5-4-6-8-18)33-22-14-11-19(15-25-22)29(30)31/h4-15H,16H2,1-3H3. The Morgan fingerprint density at radius 1 is 1.00 bits per heavy atom. The highest BCUT2D eigenvalue weighted by Crippen LogP contribution is 2.29. The van der Waals surface area contributed by atoms with E-state index in [1.54, 1.807) is 6.07 Å². The lowest BCUT2D eigenvalue weighted by molar-refractivity contribution is -0.385. The fraction of sp³-hybridized carbons (Fsp3) is 0.208. The van der Waals surface area contributed by atoms with Gasteiger partial charge >= 0.3 is 0 Å². The topological polar surface area (TPSA) is 96.0 Å². The molecule has 0 radical (unpaired) electrons. The van der Waals surface area contributed by atoms with E-state index in [0.717, 1.165) is 11.4 Å². The van der Waals surface area contributed by atoms with Crippen LogP contribution >= 0.6 is 11.8 Å². The molecular weight excluding hydrogens is 438 g/mol. The van der Waals surface area contributed by atoms with Crippen molar-refractivity contribution < 1.29 is 9.66 Å². The van der Waals surface area contributed by atoms with Crippen LogP contribution in [-0.2, 0) is 12.0 Å². The zero-order chi connectivity index (χ0) is 23.4. The van der Waals surface area contributed by atoms with Gasteiger partial charge in [-0.05, 0) is 53.1 Å². The Morgan fingerprint density at radius 3 is 2.33 bits per heavy atom. The lowest BCUT2D eigenvalue weighted by Crippen LogP contribution is -2.10. The van der Waals surface area contributed by atoms with Gasteiger partial charge in [-0.15, -0.1) is 10.2 Å². The normalized spacial score (nSPS) is 11.4. The second-order valence-electron chi connectivity index (χ2n) is 8.35. The van der Waals surface area contributed by atoms with Gasteiger partial charge < -0.3 is 4.74 Å². The van der Waals surface area contributed by atoms with Crippen molar-refractivity contribution in [2.24, 2.45) is 0 Å². The number of pyridine rings is 1. The number of benzene rings is 2. The smallest absolute Gasteiger partial charge is 0.287 e. The first-order valence-electron chi connectivity index (χ1n) is 10.3. The number of nitrogens with zero attached hydrogens (tertiary/aromatic N) is 5. The summed E-state index contributed by atoms with van der Waals surface area (Å²) < 4.78 is 7.90. The summed E-state index contributed by atoms with van der Waals surface area (Å²) in [6, 6.07) is 20.8. The van der Waals surface area contributed by atoms with E-state index in [0.29, 0.717) is 16.0 Å². The number of rotatable bonds is 7. The van der Waals surface area contributed by atoms with Crippen LogP contribution in [-0.4, -0.2) is 24.7 Å². The van der Waals surface area contributed by atoms with Gasteiger partial charge in [0.25, 0.3) is 5.69 Å². The van der Waals surface area contributed by atoms with Crippen LogP contribution in [0.15, 0.2) is 83.1 Å². The van der Waals surface area contributed by atoms with Gasteiger partial charge in [0.2, 0.25) is 5.16 Å². The predicted octanol–water partition coefficient (Wildman–Crippen LogP) is 5.60. The average Bonchev–Trinajstić information content (AvgIpc) is 3.20. The molecular formula is C24H23N5O3S. The molecule has 0 aliphatic heterocycles. The number of para-hydroxylation sites is 1. The first-order chi connectivity index (χ1) is 15.8. The van der Waals surface area contributed by atoms with Gasteiger partial charge in [0.1, 0.15) is 23.6 Å². The van der Waals surface area contributed by atoms with Crippen LogP contribution < -0.4 is 4.74 Å². The summed E-state index contributed by atoms with van der Waals surface area (Å²) >= 11 is 1.28. The van der Waals surface area contributed by atoms with E-state index < -0.39 is 4.92 Å². The zero-order valence-corrected chi connectivity index (χ0v) is 19.3. The molecule has 2 heterocycles. The molecule has 9 heteroatoms. The van der Waals surface area contributed by atoms with Crippen LogP contribution in [0.1, 0.15) is 32.2 Å². The second kappa shape index (κ2) is 9.41. The number of ether oxygens (including phenoxy) is 1. The van der Waals surface area contributed by atoms with Gasteiger partial charge in [-0.2, -0.15) is 0 Å². The maximum absolute atomic E-state index is 10.9. The molecule has 8 nitrogen and oxygen atoms in total. The summed E-state index contributed by atoms with van der Waals surface area (Å²) in [6.07, 6.45) is 1.23. The van der Waals surface area contributed by atoms with E-state index in [1.165, 1.54) is 29.6 Å². The SMILES string of the molecule is CC(C)(C)c1ccc(OCc2nnc(Sc3ccc([N+](=O)[O-])cn3)n2-c2ccccc2)cc1. The van der Waals surface area contributed by atoms with E-state index >= 15 is 0 Å². The van der Waals surface area contributed by atoms with Crippen molar-refractivity contribution in [3.63, 3.8) is 0 Å². The molecule has 0 fully saturated rings. The molecule has 2 aromatic heterocycles. The number of nitro groups is 1. The lowest BCUT2D eigenvalue weighted by atomic mass is 9.87. The molecule has 0 spiro atoms. The Labute approximate surface area is 195 Å². The van der Waals surface area contributed by atoms with Gasteiger partial charge in [0.05, 0.1) is 4.92 Å². The summed E-state index contributed by atoms with van der Waals surface area (Å²) in [5, 5.41) is 20.7. The number of aromatic nitrogens is 4. The van der Waals surface area contributed by atoms with Crippen LogP contribution in [0.5, 0.6) is 5.75 Å². The molecule has 0 unspecified atom stereocenters. The van der Waals surface area contributed by atoms with Gasteiger partial charge in [-0.1, -0.05) is 51.1 Å². The summed E-state index contributed by atoms with van der Waals surface area (Å²) in [4.78, 5) is 14.6. The predicted molar refractivity (Wildman–Crippen MR) is 126 cm³/mol. The largest absolute Gasteiger partial charge is 0.486 e. The Morgan fingerprint density at radius 2 is 1.73 bits per heavy atom. The van der Waals surface area contributed by atoms with E-state index in [-0.39, 0.29) is 17.7 Å². The molecule has 168 valence electrons. The van der Waals surface area contributed by atoms with Crippen molar-refractivity contribution in [3.8, 4) is 11.4 Å². The molecule has 0 aliphatic carbocycles. The van der Waals surface area contributed by atoms with Crippen molar-refractivity contribution >= 4 is 17.4 Å². The van der Waals surface area contributed by atoms with Gasteiger partial charge in [-0.3, -0.25) is 14.7 Å². The third-order valence-electron chi connectivity index (χ3n) is 4.93. The minimum Gasteiger partial charge on any atom is -0.486 e. The monoisotopic (exact) mass is 461 g/mol. The molecule has 2 aromatic carbocycles. The summed E-state index contributed by atoms with van der Waals surface area (Å²) in [5.41, 5.74) is 2.13. The van der Waals surface area contributed by atoms with E-state index in [4.69, 9.17) is 4.74 Å². The first-order valence-corrected chi connectivity index (χ1v) is 11.1. The molecule has 0 N–H and O–H groups in total. The van der Waals surface area contributed by atoms with Crippen LogP contribution in [0.25, 0.3) is 5.69 Å². The fourth-order valence-corrected chi connectivity index (χ4v) is 3.94. The number of hydrogen-bond acceptors (Lipinski definition) is 7. The lowest BCUT2D eigenvalue weighted by Gasteiger charge is -2.19. The van der Waals surface area contributed by atoms with Gasteiger partial charge in [-0.25, -0.2) is 4.98 Å². The minimum absolute atomic E-state index is 0.0598. The van der Waals surface area contributed by atoms with Crippen molar-refractivity contribution in [2.75, 3.05) is 0 Å². The summed E-state index contributed by atoms with van der Waals surface area (Å²) in [7, 11) is 0. The molecule has 0 bridgehead atoms. The average molecular weight is 462 g/mol. The third kappa shape index (κ3) is 5.38. The third-order valence-corrected chi connectivity index (χ3v) is 5.83. The Bertz CT molecular complexity index is 1230. The maximum atomic E-state index is 10.9. The summed E-state index contributed by atoms with van der Waals surface area (Å²) in [6.45, 7) is 6.74. The molecule has 0 saturated carbocycles. The molecule has 0 atom stereocenters. The molecule has 4 rings (SSSR count). The molecule has 0 amide bonds. The van der Waals surface area contributed by atoms with Crippen LogP contribution in [0.2, 0.25) is 0 Å². The van der Waals surface area contributed by atoms with Crippen molar-refractivity contribution in [3.05, 3.63) is 94.4 Å². The minimum atomic E-state index is -0.475. The molecule has 33 heavy (non-hydrogen) atoms. The Balaban J connectivity index is 1.58. The van der Waals surface area contributed by atoms with Crippen LogP contribution in [0, 0.1) is 10.1 Å². The maximum Gasteiger partial charge on any atom is 0.287 e. The Hall–Kier alpha value is -3.72. The summed E-state index contributed by atoms with van der Waals surface area (Å²) in [5.74, 6) is 1.38. The molecule has 0 aliphatic rings.